The number of ether oxygens (including phenoxy) is 5. The fourth-order valence-corrected chi connectivity index (χ4v) is 3.79. The number of hydrogen-bond acceptors (Lipinski definition) is 8. The van der Waals surface area contributed by atoms with Crippen LogP contribution in [0.1, 0.15) is 52.7 Å². The highest BCUT2D eigenvalue weighted by Crippen LogP contribution is 2.37. The second kappa shape index (κ2) is 18.5. The molecule has 11 heteroatoms. The first-order valence-corrected chi connectivity index (χ1v) is 14.6. The van der Waals surface area contributed by atoms with Crippen LogP contribution in [0.25, 0.3) is 0 Å². The van der Waals surface area contributed by atoms with Crippen LogP contribution in [0.15, 0.2) is 92.0 Å². The SMILES string of the molecule is C=CC(=O)OCCCCOc1ccc(C#Cc2ccc(OC(=O)c3ccc(OCCCCOC(=O)C=C)cc3)c(C(F)(F)F)c2)cc1. The maximum atomic E-state index is 13.9. The first-order chi connectivity index (χ1) is 22.6. The predicted molar refractivity (Wildman–Crippen MR) is 167 cm³/mol. The van der Waals surface area contributed by atoms with Gasteiger partial charge in [0.25, 0.3) is 0 Å². The second-order valence-corrected chi connectivity index (χ2v) is 9.75. The first kappa shape index (κ1) is 36.0. The van der Waals surface area contributed by atoms with E-state index in [2.05, 4.69) is 25.0 Å². The molecule has 0 spiro atoms. The van der Waals surface area contributed by atoms with Crippen molar-refractivity contribution in [3.63, 3.8) is 0 Å². The van der Waals surface area contributed by atoms with Crippen molar-refractivity contribution in [3.8, 4) is 29.1 Å². The van der Waals surface area contributed by atoms with Gasteiger partial charge in [-0.25, -0.2) is 14.4 Å². The third-order valence-electron chi connectivity index (χ3n) is 6.22. The first-order valence-electron chi connectivity index (χ1n) is 14.6. The Morgan fingerprint density at radius 2 is 1.13 bits per heavy atom. The summed E-state index contributed by atoms with van der Waals surface area (Å²) in [4.78, 5) is 34.7. The van der Waals surface area contributed by atoms with E-state index in [0.29, 0.717) is 56.0 Å². The Bertz CT molecular complexity index is 1580. The Morgan fingerprint density at radius 3 is 1.64 bits per heavy atom. The lowest BCUT2D eigenvalue weighted by Gasteiger charge is -2.13. The standard InChI is InChI=1S/C36H33F3O8/c1-3-33(40)45-23-7-5-21-43-29-16-11-26(12-17-29)9-10-27-13-20-32(31(25-27)36(37,38)39)47-35(42)28-14-18-30(19-15-28)44-22-6-8-24-46-34(41)4-2/h3-4,11-20,25H,1-2,5-8,21-24H2. The minimum atomic E-state index is -4.80. The molecule has 0 aliphatic rings. The summed E-state index contributed by atoms with van der Waals surface area (Å²) in [6, 6.07) is 15.7. The molecule has 0 radical (unpaired) electrons. The van der Waals surface area contributed by atoms with Gasteiger partial charge < -0.3 is 23.7 Å². The highest BCUT2D eigenvalue weighted by atomic mass is 19.4. The van der Waals surface area contributed by atoms with Crippen molar-refractivity contribution in [2.45, 2.75) is 31.9 Å². The number of benzene rings is 3. The van der Waals surface area contributed by atoms with Crippen LogP contribution in [0.5, 0.6) is 17.2 Å². The summed E-state index contributed by atoms with van der Waals surface area (Å²) >= 11 is 0. The monoisotopic (exact) mass is 650 g/mol. The summed E-state index contributed by atoms with van der Waals surface area (Å²) in [5.41, 5.74) is -0.472. The molecule has 47 heavy (non-hydrogen) atoms. The Hall–Kier alpha value is -5.50. The van der Waals surface area contributed by atoms with E-state index in [4.69, 9.17) is 23.7 Å². The van der Waals surface area contributed by atoms with Crippen molar-refractivity contribution in [1.29, 1.82) is 0 Å². The zero-order chi connectivity index (χ0) is 34.1. The molecule has 246 valence electrons. The molecule has 3 aromatic rings. The highest BCUT2D eigenvalue weighted by molar-refractivity contribution is 5.91. The van der Waals surface area contributed by atoms with Crippen molar-refractivity contribution in [2.24, 2.45) is 0 Å². The van der Waals surface area contributed by atoms with Crippen LogP contribution in [0, 0.1) is 11.8 Å². The lowest BCUT2D eigenvalue weighted by molar-refractivity contribution is -0.139. The zero-order valence-electron chi connectivity index (χ0n) is 25.5. The molecule has 0 unspecified atom stereocenters. The van der Waals surface area contributed by atoms with Crippen LogP contribution in [-0.4, -0.2) is 44.3 Å². The number of halogens is 3. The van der Waals surface area contributed by atoms with Crippen LogP contribution in [-0.2, 0) is 25.2 Å². The van der Waals surface area contributed by atoms with Crippen molar-refractivity contribution in [2.75, 3.05) is 26.4 Å². The summed E-state index contributed by atoms with van der Waals surface area (Å²) < 4.78 is 67.8. The molecule has 0 saturated carbocycles. The van der Waals surface area contributed by atoms with E-state index in [1.165, 1.54) is 30.3 Å². The van der Waals surface area contributed by atoms with E-state index in [1.807, 2.05) is 0 Å². The minimum absolute atomic E-state index is 0.0344. The smallest absolute Gasteiger partial charge is 0.420 e. The molecule has 3 aromatic carbocycles. The topological polar surface area (TPSA) is 97.4 Å². The Morgan fingerprint density at radius 1 is 0.660 bits per heavy atom. The maximum absolute atomic E-state index is 13.9. The van der Waals surface area contributed by atoms with E-state index in [-0.39, 0.29) is 24.3 Å². The molecule has 0 aliphatic carbocycles. The lowest BCUT2D eigenvalue weighted by Crippen LogP contribution is -2.14. The van der Waals surface area contributed by atoms with Crippen LogP contribution >= 0.6 is 0 Å². The molecule has 0 saturated heterocycles. The van der Waals surface area contributed by atoms with Gasteiger partial charge in [-0.3, -0.25) is 0 Å². The van der Waals surface area contributed by atoms with Crippen LogP contribution in [0.3, 0.4) is 0 Å². The summed E-state index contributed by atoms with van der Waals surface area (Å²) in [5.74, 6) is 3.98. The van der Waals surface area contributed by atoms with Gasteiger partial charge in [-0.05, 0) is 92.4 Å². The van der Waals surface area contributed by atoms with Crippen molar-refractivity contribution in [1.82, 2.24) is 0 Å². The Balaban J connectivity index is 1.54. The number of carbonyl (C=O) groups excluding carboxylic acids is 3. The fourth-order valence-electron chi connectivity index (χ4n) is 3.79. The largest absolute Gasteiger partial charge is 0.494 e. The van der Waals surface area contributed by atoms with Gasteiger partial charge in [-0.2, -0.15) is 13.2 Å². The number of unbranched alkanes of at least 4 members (excludes halogenated alkanes) is 2. The second-order valence-electron chi connectivity index (χ2n) is 9.75. The molecular formula is C36H33F3O8. The zero-order valence-corrected chi connectivity index (χ0v) is 25.5. The fraction of sp³-hybridized carbons (Fsp3) is 0.250. The predicted octanol–water partition coefficient (Wildman–Crippen LogP) is 7.10. The average Bonchev–Trinajstić information content (AvgIpc) is 3.07. The van der Waals surface area contributed by atoms with Crippen LogP contribution in [0.4, 0.5) is 13.2 Å². The molecule has 8 nitrogen and oxygen atoms in total. The normalized spacial score (nSPS) is 10.5. The lowest BCUT2D eigenvalue weighted by atomic mass is 10.1. The molecule has 0 atom stereocenters. The molecule has 0 amide bonds. The van der Waals surface area contributed by atoms with Crippen LogP contribution in [0.2, 0.25) is 0 Å². The van der Waals surface area contributed by atoms with Crippen molar-refractivity contribution in [3.05, 3.63) is 114 Å². The third-order valence-corrected chi connectivity index (χ3v) is 6.22. The number of carbonyl (C=O) groups is 3. The van der Waals surface area contributed by atoms with E-state index in [1.54, 1.807) is 24.3 Å². The molecular weight excluding hydrogens is 617 g/mol. The van der Waals surface area contributed by atoms with Gasteiger partial charge in [0.2, 0.25) is 0 Å². The van der Waals surface area contributed by atoms with E-state index in [9.17, 15) is 27.6 Å². The van der Waals surface area contributed by atoms with Gasteiger partial charge in [0.1, 0.15) is 17.2 Å². The summed E-state index contributed by atoms with van der Waals surface area (Å²) in [6.45, 7) is 7.88. The quantitative estimate of drug-likeness (QED) is 0.0533. The average molecular weight is 651 g/mol. The summed E-state index contributed by atoms with van der Waals surface area (Å²) in [7, 11) is 0. The van der Waals surface area contributed by atoms with Crippen molar-refractivity contribution >= 4 is 17.9 Å². The van der Waals surface area contributed by atoms with E-state index >= 15 is 0 Å². The molecule has 0 aliphatic heterocycles. The molecule has 0 aromatic heterocycles. The summed E-state index contributed by atoms with van der Waals surface area (Å²) in [6.07, 6.45) is -0.136. The third kappa shape index (κ3) is 12.8. The van der Waals surface area contributed by atoms with Gasteiger partial charge in [0.05, 0.1) is 37.6 Å². The van der Waals surface area contributed by atoms with Crippen molar-refractivity contribution < 1.29 is 51.2 Å². The molecule has 0 fully saturated rings. The molecule has 0 heterocycles. The van der Waals surface area contributed by atoms with Gasteiger partial charge in [-0.1, -0.05) is 25.0 Å². The van der Waals surface area contributed by atoms with E-state index < -0.39 is 35.4 Å². The van der Waals surface area contributed by atoms with Gasteiger partial charge >= 0.3 is 24.1 Å². The number of esters is 3. The number of rotatable bonds is 16. The molecule has 0 bridgehead atoms. The van der Waals surface area contributed by atoms with Gasteiger partial charge in [0, 0.05) is 23.3 Å². The van der Waals surface area contributed by atoms with E-state index in [0.717, 1.165) is 24.3 Å². The van der Waals surface area contributed by atoms with Gasteiger partial charge in [-0.15, -0.1) is 0 Å². The highest BCUT2D eigenvalue weighted by Gasteiger charge is 2.35. The molecule has 3 rings (SSSR count). The minimum Gasteiger partial charge on any atom is -0.494 e. The Kier molecular flexibility index (Phi) is 14.1. The number of hydrogen-bond donors (Lipinski definition) is 0. The number of alkyl halides is 3. The van der Waals surface area contributed by atoms with Crippen LogP contribution < -0.4 is 14.2 Å². The Labute approximate surface area is 270 Å². The van der Waals surface area contributed by atoms with Gasteiger partial charge in [0.15, 0.2) is 0 Å². The molecule has 0 N–H and O–H groups in total. The maximum Gasteiger partial charge on any atom is 0.420 e. The summed E-state index contributed by atoms with van der Waals surface area (Å²) in [5, 5.41) is 0.